The minimum atomic E-state index is -0.465. The van der Waals surface area contributed by atoms with E-state index in [0.717, 1.165) is 5.04 Å². The second-order valence-electron chi connectivity index (χ2n) is 7.50. The van der Waals surface area contributed by atoms with Gasteiger partial charge in [0.25, 0.3) is 5.91 Å². The minimum Gasteiger partial charge on any atom is -0.493 e. The molecule has 2 aromatic rings. The van der Waals surface area contributed by atoms with Gasteiger partial charge in [0.1, 0.15) is 24.0 Å². The van der Waals surface area contributed by atoms with E-state index in [4.69, 9.17) is 19.6 Å². The number of amidine groups is 2. The van der Waals surface area contributed by atoms with Crippen LogP contribution in [0.25, 0.3) is 6.08 Å². The molecule has 4 rings (SSSR count). The summed E-state index contributed by atoms with van der Waals surface area (Å²) in [6.45, 7) is 4.62. The van der Waals surface area contributed by atoms with Crippen LogP contribution < -0.4 is 14.2 Å². The van der Waals surface area contributed by atoms with Gasteiger partial charge in [-0.2, -0.15) is 15.1 Å². The average molecular weight is 465 g/mol. The summed E-state index contributed by atoms with van der Waals surface area (Å²) in [6, 6.07) is 14.7. The molecule has 2 aliphatic heterocycles. The molecule has 33 heavy (non-hydrogen) atoms. The Morgan fingerprint density at radius 3 is 2.36 bits per heavy atom. The summed E-state index contributed by atoms with van der Waals surface area (Å²) in [5.74, 6) is 1.59. The third-order valence-corrected chi connectivity index (χ3v) is 6.06. The van der Waals surface area contributed by atoms with E-state index in [0.29, 0.717) is 34.6 Å². The molecule has 2 aliphatic rings. The summed E-state index contributed by atoms with van der Waals surface area (Å²) >= 11 is 1.33. The number of benzene rings is 2. The molecule has 0 aromatic heterocycles. The van der Waals surface area contributed by atoms with Crippen LogP contribution >= 0.6 is 11.8 Å². The van der Waals surface area contributed by atoms with Gasteiger partial charge in [-0.25, -0.2) is 0 Å². The van der Waals surface area contributed by atoms with E-state index < -0.39 is 5.91 Å². The number of carbonyl (C=O) groups excluding carboxylic acids is 1. The standard InChI is InChI=1S/C24H24N4O4S/c1-15(2)23-27-28-21(25)17(22(29)26-24(28)33-23)14-16-8-4-5-9-18(16)31-12-13-32-20-11-7-6-10-19(20)30-3/h4-11,14-15,25H,12-13H2,1-3H3. The molecule has 0 radical (unpaired) electrons. The first-order valence-corrected chi connectivity index (χ1v) is 11.3. The molecule has 0 unspecified atom stereocenters. The Hall–Kier alpha value is -3.59. The Kier molecular flexibility index (Phi) is 6.79. The van der Waals surface area contributed by atoms with Crippen molar-refractivity contribution in [2.45, 2.75) is 13.8 Å². The molecule has 0 aliphatic carbocycles. The summed E-state index contributed by atoms with van der Waals surface area (Å²) in [4.78, 5) is 16.8. The van der Waals surface area contributed by atoms with Crippen molar-refractivity contribution in [1.29, 1.82) is 5.41 Å². The number of hydrogen-bond donors (Lipinski definition) is 1. The first kappa shape index (κ1) is 22.6. The number of fused-ring (bicyclic) bond motifs is 1. The fraction of sp³-hybridized carbons (Fsp3) is 0.250. The zero-order valence-electron chi connectivity index (χ0n) is 18.6. The summed E-state index contributed by atoms with van der Waals surface area (Å²) in [7, 11) is 1.59. The lowest BCUT2D eigenvalue weighted by Gasteiger charge is -2.20. The van der Waals surface area contributed by atoms with Crippen LogP contribution in [0.5, 0.6) is 17.2 Å². The highest BCUT2D eigenvalue weighted by molar-refractivity contribution is 8.27. The molecule has 0 spiro atoms. The number of rotatable bonds is 8. The molecule has 0 saturated heterocycles. The summed E-state index contributed by atoms with van der Waals surface area (Å²) < 4.78 is 16.9. The van der Waals surface area contributed by atoms with E-state index in [1.807, 2.05) is 62.4 Å². The lowest BCUT2D eigenvalue weighted by molar-refractivity contribution is -0.114. The van der Waals surface area contributed by atoms with Crippen molar-refractivity contribution in [3.05, 3.63) is 59.7 Å². The van der Waals surface area contributed by atoms with Gasteiger partial charge in [-0.3, -0.25) is 10.2 Å². The predicted octanol–water partition coefficient (Wildman–Crippen LogP) is 4.43. The SMILES string of the molecule is COc1ccccc1OCCOc1ccccc1C=C1C(=N)N2N=C(C(C)C)SC2=NC1=O. The van der Waals surface area contributed by atoms with Crippen molar-refractivity contribution < 1.29 is 19.0 Å². The summed E-state index contributed by atoms with van der Waals surface area (Å²) in [5, 5.41) is 15.6. The van der Waals surface area contributed by atoms with Crippen LogP contribution in [0.15, 0.2) is 64.2 Å². The molecule has 9 heteroatoms. The van der Waals surface area contributed by atoms with E-state index in [1.54, 1.807) is 13.2 Å². The Labute approximate surface area is 196 Å². The molecule has 0 saturated carbocycles. The van der Waals surface area contributed by atoms with Gasteiger partial charge in [0.05, 0.1) is 12.7 Å². The molecule has 1 N–H and O–H groups in total. The lowest BCUT2D eigenvalue weighted by atomic mass is 10.1. The fourth-order valence-electron chi connectivity index (χ4n) is 3.17. The van der Waals surface area contributed by atoms with E-state index >= 15 is 0 Å². The second-order valence-corrected chi connectivity index (χ2v) is 8.49. The first-order chi connectivity index (χ1) is 16.0. The van der Waals surface area contributed by atoms with Crippen molar-refractivity contribution in [3.8, 4) is 17.2 Å². The highest BCUT2D eigenvalue weighted by Crippen LogP contribution is 2.32. The van der Waals surface area contributed by atoms with Crippen molar-refractivity contribution in [1.82, 2.24) is 5.01 Å². The van der Waals surface area contributed by atoms with Crippen LogP contribution in [0.3, 0.4) is 0 Å². The summed E-state index contributed by atoms with van der Waals surface area (Å²) in [6.07, 6.45) is 1.62. The number of carbonyl (C=O) groups is 1. The van der Waals surface area contributed by atoms with Crippen molar-refractivity contribution in [2.75, 3.05) is 20.3 Å². The van der Waals surface area contributed by atoms with Gasteiger partial charge in [-0.1, -0.05) is 44.2 Å². The fourth-order valence-corrected chi connectivity index (χ4v) is 4.06. The van der Waals surface area contributed by atoms with E-state index in [1.165, 1.54) is 16.8 Å². The van der Waals surface area contributed by atoms with Crippen LogP contribution in [0.1, 0.15) is 19.4 Å². The highest BCUT2D eigenvalue weighted by Gasteiger charge is 2.36. The molecule has 170 valence electrons. The number of hydrazone groups is 1. The maximum atomic E-state index is 12.7. The molecule has 0 fully saturated rings. The zero-order chi connectivity index (χ0) is 23.4. The van der Waals surface area contributed by atoms with Gasteiger partial charge in [-0.05, 0) is 36.0 Å². The molecule has 2 aromatic carbocycles. The number of methoxy groups -OCH3 is 1. The van der Waals surface area contributed by atoms with E-state index in [-0.39, 0.29) is 23.9 Å². The largest absolute Gasteiger partial charge is 0.493 e. The highest BCUT2D eigenvalue weighted by atomic mass is 32.2. The number of hydrogen-bond acceptors (Lipinski definition) is 7. The second kappa shape index (κ2) is 9.91. The number of amides is 1. The third-order valence-electron chi connectivity index (χ3n) is 4.85. The van der Waals surface area contributed by atoms with Crippen LogP contribution in [-0.4, -0.2) is 47.3 Å². The van der Waals surface area contributed by atoms with E-state index in [2.05, 4.69) is 10.1 Å². The zero-order valence-corrected chi connectivity index (χ0v) is 19.4. The van der Waals surface area contributed by atoms with E-state index in [9.17, 15) is 4.79 Å². The quantitative estimate of drug-likeness (QED) is 0.459. The number of thioether (sulfide) groups is 1. The van der Waals surface area contributed by atoms with Crippen LogP contribution in [-0.2, 0) is 4.79 Å². The Morgan fingerprint density at radius 1 is 1.03 bits per heavy atom. The number of aliphatic imine (C=N–C) groups is 1. The number of ether oxygens (including phenoxy) is 3. The minimum absolute atomic E-state index is 0.00228. The van der Waals surface area contributed by atoms with Gasteiger partial charge in [0.2, 0.25) is 5.17 Å². The van der Waals surface area contributed by atoms with Gasteiger partial charge in [0, 0.05) is 11.5 Å². The van der Waals surface area contributed by atoms with Crippen LogP contribution in [0.2, 0.25) is 0 Å². The van der Waals surface area contributed by atoms with Gasteiger partial charge >= 0.3 is 0 Å². The molecular weight excluding hydrogens is 440 g/mol. The average Bonchev–Trinajstić information content (AvgIpc) is 3.25. The molecule has 2 heterocycles. The third kappa shape index (κ3) is 4.93. The predicted molar refractivity (Wildman–Crippen MR) is 130 cm³/mol. The van der Waals surface area contributed by atoms with Crippen LogP contribution in [0, 0.1) is 11.3 Å². The van der Waals surface area contributed by atoms with Gasteiger partial charge < -0.3 is 14.2 Å². The topological polar surface area (TPSA) is 96.6 Å². The Morgan fingerprint density at radius 2 is 1.67 bits per heavy atom. The normalized spacial score (nSPS) is 16.6. The number of para-hydroxylation sites is 3. The molecule has 1 amide bonds. The lowest BCUT2D eigenvalue weighted by Crippen LogP contribution is -2.35. The smallest absolute Gasteiger partial charge is 0.283 e. The van der Waals surface area contributed by atoms with Gasteiger partial charge in [0.15, 0.2) is 17.3 Å². The van der Waals surface area contributed by atoms with Crippen molar-refractivity contribution in [2.24, 2.45) is 16.0 Å². The molecular formula is C24H24N4O4S. The first-order valence-electron chi connectivity index (χ1n) is 10.5. The van der Waals surface area contributed by atoms with Crippen molar-refractivity contribution in [3.63, 3.8) is 0 Å². The number of nitrogens with one attached hydrogen (secondary N) is 1. The van der Waals surface area contributed by atoms with Gasteiger partial charge in [-0.15, -0.1) is 0 Å². The maximum absolute atomic E-state index is 12.7. The molecule has 0 bridgehead atoms. The van der Waals surface area contributed by atoms with Crippen LogP contribution in [0.4, 0.5) is 0 Å². The monoisotopic (exact) mass is 464 g/mol. The maximum Gasteiger partial charge on any atom is 0.283 e. The Balaban J connectivity index is 1.47. The molecule has 0 atom stereocenters. The molecule has 8 nitrogen and oxygen atoms in total. The van der Waals surface area contributed by atoms with Crippen molar-refractivity contribution >= 4 is 39.8 Å². The Bertz CT molecular complexity index is 1170. The number of nitrogens with zero attached hydrogens (tertiary/aromatic N) is 3. The summed E-state index contributed by atoms with van der Waals surface area (Å²) in [5.41, 5.74) is 0.830.